The monoisotopic (exact) mass is 331 g/mol. The molecule has 0 spiro atoms. The number of nitrogens with zero attached hydrogens (tertiary/aromatic N) is 5. The van der Waals surface area contributed by atoms with Crippen LogP contribution >= 0.6 is 11.8 Å². The van der Waals surface area contributed by atoms with Gasteiger partial charge in [0.25, 0.3) is 5.78 Å². The van der Waals surface area contributed by atoms with E-state index in [9.17, 15) is 9.59 Å². The highest BCUT2D eigenvalue weighted by Gasteiger charge is 2.12. The largest absolute Gasteiger partial charge is 0.335 e. The van der Waals surface area contributed by atoms with Crippen LogP contribution < -0.4 is 11.2 Å². The topological polar surface area (TPSA) is 120 Å². The van der Waals surface area contributed by atoms with Gasteiger partial charge in [0.05, 0.1) is 5.75 Å². The SMILES string of the molecule is CC(=O)c1ccc(NC(=O)CSc2nnc3n(N)cnn23)cc1. The number of anilines is 1. The highest BCUT2D eigenvalue weighted by atomic mass is 32.2. The van der Waals surface area contributed by atoms with Crippen LogP contribution in [-0.4, -0.2) is 41.9 Å². The van der Waals surface area contributed by atoms with Gasteiger partial charge in [-0.3, -0.25) is 9.59 Å². The Hall–Kier alpha value is -2.88. The molecule has 2 heterocycles. The standard InChI is InChI=1S/C13H13N7O2S/c1-8(21)9-2-4-10(5-3-9)16-11(22)6-23-13-18-17-12-19(14)7-15-20(12)13/h2-5,7H,6,14H2,1H3,(H,16,22). The van der Waals surface area contributed by atoms with E-state index in [4.69, 9.17) is 5.84 Å². The van der Waals surface area contributed by atoms with Crippen LogP contribution in [0.5, 0.6) is 0 Å². The van der Waals surface area contributed by atoms with Crippen molar-refractivity contribution in [2.45, 2.75) is 12.1 Å². The van der Waals surface area contributed by atoms with Crippen LogP contribution in [0.1, 0.15) is 17.3 Å². The molecule has 1 amide bonds. The first kappa shape index (κ1) is 15.0. The van der Waals surface area contributed by atoms with Gasteiger partial charge in [-0.2, -0.15) is 9.61 Å². The molecule has 0 aliphatic rings. The number of fused-ring (bicyclic) bond motifs is 1. The third-order valence-electron chi connectivity index (χ3n) is 3.03. The van der Waals surface area contributed by atoms with E-state index in [0.29, 0.717) is 22.2 Å². The molecule has 0 atom stereocenters. The van der Waals surface area contributed by atoms with E-state index < -0.39 is 0 Å². The van der Waals surface area contributed by atoms with Crippen LogP contribution in [0.2, 0.25) is 0 Å². The van der Waals surface area contributed by atoms with Crippen LogP contribution in [0.4, 0.5) is 5.69 Å². The van der Waals surface area contributed by atoms with Crippen molar-refractivity contribution in [3.05, 3.63) is 36.2 Å². The van der Waals surface area contributed by atoms with Gasteiger partial charge in [-0.1, -0.05) is 11.8 Å². The van der Waals surface area contributed by atoms with Crippen molar-refractivity contribution in [3.63, 3.8) is 0 Å². The number of nitrogens with two attached hydrogens (primary N) is 1. The second-order valence-corrected chi connectivity index (χ2v) is 5.65. The maximum Gasteiger partial charge on any atom is 0.273 e. The summed E-state index contributed by atoms with van der Waals surface area (Å²) < 4.78 is 2.70. The molecule has 0 saturated heterocycles. The zero-order valence-electron chi connectivity index (χ0n) is 12.1. The summed E-state index contributed by atoms with van der Waals surface area (Å²) >= 11 is 1.20. The Morgan fingerprint density at radius 3 is 2.70 bits per heavy atom. The molecule has 3 aromatic rings. The van der Waals surface area contributed by atoms with Gasteiger partial charge in [0.2, 0.25) is 11.1 Å². The lowest BCUT2D eigenvalue weighted by molar-refractivity contribution is -0.113. The van der Waals surface area contributed by atoms with Gasteiger partial charge in [0.15, 0.2) is 5.78 Å². The summed E-state index contributed by atoms with van der Waals surface area (Å²) in [5, 5.41) is 15.0. The fourth-order valence-electron chi connectivity index (χ4n) is 1.88. The highest BCUT2D eigenvalue weighted by Crippen LogP contribution is 2.16. The molecular formula is C13H13N7O2S. The van der Waals surface area contributed by atoms with Crippen molar-refractivity contribution in [2.75, 3.05) is 16.9 Å². The summed E-state index contributed by atoms with van der Waals surface area (Å²) in [4.78, 5) is 23.2. The molecule has 9 nitrogen and oxygen atoms in total. The van der Waals surface area contributed by atoms with E-state index in [1.165, 1.54) is 34.2 Å². The minimum absolute atomic E-state index is 0.0198. The number of carbonyl (C=O) groups is 2. The molecule has 23 heavy (non-hydrogen) atoms. The maximum atomic E-state index is 12.0. The van der Waals surface area contributed by atoms with Crippen molar-refractivity contribution in [1.29, 1.82) is 0 Å². The van der Waals surface area contributed by atoms with E-state index in [-0.39, 0.29) is 17.4 Å². The number of ketones is 1. The van der Waals surface area contributed by atoms with Gasteiger partial charge in [-0.25, -0.2) is 4.68 Å². The average molecular weight is 331 g/mol. The van der Waals surface area contributed by atoms with Gasteiger partial charge in [0, 0.05) is 11.3 Å². The van der Waals surface area contributed by atoms with Crippen LogP contribution in [0.15, 0.2) is 35.7 Å². The predicted octanol–water partition coefficient (Wildman–Crippen LogP) is 0.573. The van der Waals surface area contributed by atoms with Crippen molar-refractivity contribution < 1.29 is 9.59 Å². The Kier molecular flexibility index (Phi) is 3.98. The normalized spacial score (nSPS) is 10.8. The quantitative estimate of drug-likeness (QED) is 0.398. The number of nitrogens with one attached hydrogen (secondary N) is 1. The number of rotatable bonds is 5. The Morgan fingerprint density at radius 1 is 1.26 bits per heavy atom. The second-order valence-electron chi connectivity index (χ2n) is 4.70. The summed E-state index contributed by atoms with van der Waals surface area (Å²) in [6, 6.07) is 6.71. The van der Waals surface area contributed by atoms with E-state index in [0.717, 1.165) is 0 Å². The molecule has 0 unspecified atom stereocenters. The Labute approximate surface area is 134 Å². The van der Waals surface area contributed by atoms with Gasteiger partial charge in [0.1, 0.15) is 6.33 Å². The minimum Gasteiger partial charge on any atom is -0.335 e. The number of hydrogen-bond acceptors (Lipinski definition) is 7. The smallest absolute Gasteiger partial charge is 0.273 e. The van der Waals surface area contributed by atoms with E-state index >= 15 is 0 Å². The molecule has 0 radical (unpaired) electrons. The molecule has 3 rings (SSSR count). The molecule has 10 heteroatoms. The molecule has 1 aromatic carbocycles. The third kappa shape index (κ3) is 3.16. The lowest BCUT2D eigenvalue weighted by Crippen LogP contribution is -2.14. The number of thioether (sulfide) groups is 1. The summed E-state index contributed by atoms with van der Waals surface area (Å²) in [7, 11) is 0. The van der Waals surface area contributed by atoms with Gasteiger partial charge in [-0.15, -0.1) is 10.2 Å². The first-order valence-electron chi connectivity index (χ1n) is 6.62. The number of benzene rings is 1. The fourth-order valence-corrected chi connectivity index (χ4v) is 2.57. The molecule has 0 fully saturated rings. The number of hydrogen-bond donors (Lipinski definition) is 2. The number of nitrogen functional groups attached to an aromatic ring is 1. The van der Waals surface area contributed by atoms with Crippen LogP contribution in [-0.2, 0) is 4.79 Å². The minimum atomic E-state index is -0.200. The Balaban J connectivity index is 1.60. The molecule has 3 N–H and O–H groups in total. The summed E-state index contributed by atoms with van der Waals surface area (Å²) in [5.41, 5.74) is 1.22. The second kappa shape index (κ2) is 6.08. The third-order valence-corrected chi connectivity index (χ3v) is 3.94. The molecule has 0 aliphatic heterocycles. The molecular weight excluding hydrogens is 318 g/mol. The number of carbonyl (C=O) groups excluding carboxylic acids is 2. The zero-order chi connectivity index (χ0) is 16.4. The predicted molar refractivity (Wildman–Crippen MR) is 84.7 cm³/mol. The van der Waals surface area contributed by atoms with Crippen LogP contribution in [0, 0.1) is 0 Å². The van der Waals surface area contributed by atoms with E-state index in [1.807, 2.05) is 0 Å². The molecule has 0 bridgehead atoms. The van der Waals surface area contributed by atoms with E-state index in [1.54, 1.807) is 24.3 Å². The number of Topliss-reactive ketones (excluding diaryl/α,β-unsaturated/α-hetero) is 1. The van der Waals surface area contributed by atoms with Crippen LogP contribution in [0.3, 0.4) is 0 Å². The summed E-state index contributed by atoms with van der Waals surface area (Å²) in [6.45, 7) is 1.49. The van der Waals surface area contributed by atoms with Crippen LogP contribution in [0.25, 0.3) is 5.78 Å². The van der Waals surface area contributed by atoms with Crippen molar-refractivity contribution in [2.24, 2.45) is 0 Å². The fraction of sp³-hybridized carbons (Fsp3) is 0.154. The Bertz CT molecular complexity index is 868. The lowest BCUT2D eigenvalue weighted by Gasteiger charge is -2.04. The van der Waals surface area contributed by atoms with Gasteiger partial charge in [-0.05, 0) is 31.2 Å². The number of amides is 1. The zero-order valence-corrected chi connectivity index (χ0v) is 12.9. The lowest BCUT2D eigenvalue weighted by atomic mass is 10.1. The van der Waals surface area contributed by atoms with Crippen molar-refractivity contribution in [3.8, 4) is 0 Å². The first-order valence-corrected chi connectivity index (χ1v) is 7.60. The van der Waals surface area contributed by atoms with Gasteiger partial charge >= 0.3 is 0 Å². The summed E-state index contributed by atoms with van der Waals surface area (Å²) in [6.07, 6.45) is 1.41. The molecule has 0 saturated carbocycles. The Morgan fingerprint density at radius 2 is 2.00 bits per heavy atom. The average Bonchev–Trinajstić information content (AvgIpc) is 3.09. The maximum absolute atomic E-state index is 12.0. The highest BCUT2D eigenvalue weighted by molar-refractivity contribution is 7.99. The molecule has 2 aromatic heterocycles. The summed E-state index contributed by atoms with van der Waals surface area (Å²) in [5.74, 6) is 5.92. The van der Waals surface area contributed by atoms with Gasteiger partial charge < -0.3 is 11.2 Å². The number of aromatic nitrogens is 5. The first-order chi connectivity index (χ1) is 11.0. The van der Waals surface area contributed by atoms with Crippen molar-refractivity contribution in [1.82, 2.24) is 24.5 Å². The molecule has 118 valence electrons. The molecule has 0 aliphatic carbocycles. The van der Waals surface area contributed by atoms with Crippen molar-refractivity contribution >= 4 is 34.9 Å². The van der Waals surface area contributed by atoms with E-state index in [2.05, 4.69) is 20.6 Å².